The van der Waals surface area contributed by atoms with E-state index < -0.39 is 0 Å². The molecule has 0 saturated heterocycles. The van der Waals surface area contributed by atoms with E-state index in [4.69, 9.17) is 5.73 Å². The third kappa shape index (κ3) is 2.89. The molecule has 1 aromatic rings. The maximum atomic E-state index is 13.8. The zero-order chi connectivity index (χ0) is 20.1. The Morgan fingerprint density at radius 1 is 1.07 bits per heavy atom. The molecule has 4 atom stereocenters. The summed E-state index contributed by atoms with van der Waals surface area (Å²) in [6.45, 7) is 0.444. The van der Waals surface area contributed by atoms with E-state index in [1.54, 1.807) is 0 Å². The van der Waals surface area contributed by atoms with Crippen molar-refractivity contribution >= 4 is 5.91 Å². The van der Waals surface area contributed by atoms with Crippen molar-refractivity contribution in [2.45, 2.75) is 75.7 Å². The first-order valence-corrected chi connectivity index (χ1v) is 11.7. The molecule has 2 unspecified atom stereocenters. The van der Waals surface area contributed by atoms with E-state index in [9.17, 15) is 9.18 Å². The summed E-state index contributed by atoms with van der Waals surface area (Å²) in [6.07, 6.45) is 9.90. The quantitative estimate of drug-likeness (QED) is 0.741. The topological polar surface area (TPSA) is 55.1 Å². The van der Waals surface area contributed by atoms with Gasteiger partial charge in [-0.25, -0.2) is 0 Å². The van der Waals surface area contributed by atoms with Gasteiger partial charge in [-0.3, -0.25) is 9.18 Å². The zero-order valence-corrected chi connectivity index (χ0v) is 17.5. The first kappa shape index (κ1) is 19.5. The molecule has 0 radical (unpaired) electrons. The number of rotatable bonds is 6. The van der Waals surface area contributed by atoms with Gasteiger partial charge in [0.05, 0.1) is 12.1 Å². The maximum absolute atomic E-state index is 13.8. The normalized spacial score (nSPS) is 42.9. The average Bonchev–Trinajstić information content (AvgIpc) is 3.08. The van der Waals surface area contributed by atoms with Crippen LogP contribution in [0.4, 0.5) is 4.39 Å². The van der Waals surface area contributed by atoms with E-state index in [2.05, 4.69) is 35.6 Å². The molecule has 29 heavy (non-hydrogen) atoms. The van der Waals surface area contributed by atoms with Crippen molar-refractivity contribution in [1.29, 1.82) is 0 Å². The maximum Gasteiger partial charge on any atom is 0.227 e. The van der Waals surface area contributed by atoms with Gasteiger partial charge in [0.2, 0.25) is 5.91 Å². The number of hydrogen-bond donors (Lipinski definition) is 2. The Bertz CT molecular complexity index is 761. The van der Waals surface area contributed by atoms with Crippen LogP contribution in [-0.2, 0) is 10.2 Å². The van der Waals surface area contributed by atoms with E-state index >= 15 is 0 Å². The van der Waals surface area contributed by atoms with Crippen LogP contribution >= 0.6 is 0 Å². The molecule has 5 saturated carbocycles. The number of nitrogens with two attached hydrogens (primary N) is 1. The van der Waals surface area contributed by atoms with E-state index in [-0.39, 0.29) is 34.9 Å². The minimum Gasteiger partial charge on any atom is -0.353 e. The lowest BCUT2D eigenvalue weighted by Gasteiger charge is -2.41. The molecule has 0 spiro atoms. The second-order valence-electron chi connectivity index (χ2n) is 10.7. The number of alkyl halides is 1. The van der Waals surface area contributed by atoms with Crippen molar-refractivity contribution in [2.75, 3.05) is 13.2 Å². The van der Waals surface area contributed by atoms with Crippen molar-refractivity contribution in [3.05, 3.63) is 35.9 Å². The second kappa shape index (κ2) is 7.08. The SMILES string of the molecule is NC[C@H]1CC[C@H](NC(=O)C23CC4C[C@](c5ccccc5)(C2)C[C@@]3(CCF)C4)CC1. The zero-order valence-electron chi connectivity index (χ0n) is 17.5. The lowest BCUT2D eigenvalue weighted by atomic mass is 9.63. The number of benzene rings is 1. The first-order chi connectivity index (χ1) is 14.0. The summed E-state index contributed by atoms with van der Waals surface area (Å²) < 4.78 is 13.8. The summed E-state index contributed by atoms with van der Waals surface area (Å²) in [5.74, 6) is 1.41. The van der Waals surface area contributed by atoms with Crippen LogP contribution in [0.15, 0.2) is 30.3 Å². The Kier molecular flexibility index (Phi) is 4.77. The van der Waals surface area contributed by atoms with Crippen LogP contribution in [0, 0.1) is 22.7 Å². The molecule has 0 aliphatic heterocycles. The van der Waals surface area contributed by atoms with Gasteiger partial charge in [-0.1, -0.05) is 30.3 Å². The molecule has 6 rings (SSSR count). The number of hydrogen-bond acceptors (Lipinski definition) is 2. The highest BCUT2D eigenvalue weighted by Gasteiger charge is 2.74. The highest BCUT2D eigenvalue weighted by atomic mass is 19.1. The molecular formula is C25H35FN2O. The number of nitrogens with one attached hydrogen (secondary N) is 1. The Morgan fingerprint density at radius 2 is 1.83 bits per heavy atom. The number of carbonyl (C=O) groups is 1. The molecule has 0 heterocycles. The van der Waals surface area contributed by atoms with Crippen molar-refractivity contribution < 1.29 is 9.18 Å². The summed E-state index contributed by atoms with van der Waals surface area (Å²) in [5.41, 5.74) is 6.74. The van der Waals surface area contributed by atoms with Crippen LogP contribution in [-0.4, -0.2) is 25.2 Å². The van der Waals surface area contributed by atoms with Crippen molar-refractivity contribution in [2.24, 2.45) is 28.4 Å². The molecule has 5 aliphatic rings. The van der Waals surface area contributed by atoms with Crippen LogP contribution in [0.1, 0.15) is 69.8 Å². The van der Waals surface area contributed by atoms with Crippen LogP contribution in [0.5, 0.6) is 0 Å². The van der Waals surface area contributed by atoms with Gasteiger partial charge in [-0.2, -0.15) is 0 Å². The van der Waals surface area contributed by atoms with E-state index in [0.717, 1.165) is 57.9 Å². The third-order valence-electron chi connectivity index (χ3n) is 9.24. The minimum atomic E-state index is -0.372. The number of halogens is 1. The second-order valence-corrected chi connectivity index (χ2v) is 10.7. The lowest BCUT2D eigenvalue weighted by molar-refractivity contribution is -0.137. The van der Waals surface area contributed by atoms with Crippen LogP contribution in [0.2, 0.25) is 0 Å². The fourth-order valence-corrected chi connectivity index (χ4v) is 8.16. The van der Waals surface area contributed by atoms with Gasteiger partial charge in [0.1, 0.15) is 0 Å². The Morgan fingerprint density at radius 3 is 2.52 bits per heavy atom. The summed E-state index contributed by atoms with van der Waals surface area (Å²) in [4.78, 5) is 13.8. The van der Waals surface area contributed by atoms with Crippen LogP contribution in [0.25, 0.3) is 0 Å². The van der Waals surface area contributed by atoms with Gasteiger partial charge in [0, 0.05) is 6.04 Å². The lowest BCUT2D eigenvalue weighted by Crippen LogP contribution is -2.51. The molecule has 1 aromatic carbocycles. The Balaban J connectivity index is 1.43. The third-order valence-corrected chi connectivity index (χ3v) is 9.24. The summed E-state index contributed by atoms with van der Waals surface area (Å²) in [7, 11) is 0. The summed E-state index contributed by atoms with van der Waals surface area (Å²) >= 11 is 0. The van der Waals surface area contributed by atoms with E-state index in [1.807, 2.05) is 0 Å². The Hall–Kier alpha value is -1.42. The smallest absolute Gasteiger partial charge is 0.227 e. The molecule has 4 heteroatoms. The van der Waals surface area contributed by atoms with Crippen molar-refractivity contribution in [3.63, 3.8) is 0 Å². The van der Waals surface area contributed by atoms with Crippen LogP contribution < -0.4 is 11.1 Å². The van der Waals surface area contributed by atoms with Gasteiger partial charge in [-0.05, 0) is 99.0 Å². The molecular weight excluding hydrogens is 363 g/mol. The molecule has 0 aromatic heterocycles. The number of carbonyl (C=O) groups excluding carboxylic acids is 1. The van der Waals surface area contributed by atoms with Gasteiger partial charge in [0.15, 0.2) is 0 Å². The van der Waals surface area contributed by atoms with E-state index in [1.165, 1.54) is 12.0 Å². The fourth-order valence-electron chi connectivity index (χ4n) is 8.16. The highest BCUT2D eigenvalue weighted by Crippen LogP contribution is 2.77. The molecule has 5 fully saturated rings. The standard InChI is InChI=1S/C25H35FN2O/c26-11-10-24-13-19-12-23(16-24,20-4-2-1-3-5-20)17-25(24,14-19)22(29)28-21-8-6-18(15-27)7-9-21/h1-5,18-19,21H,6-17,27H2,(H,28,29)/t18-,19?,21-,23-,24-,25?/m1/s1. The van der Waals surface area contributed by atoms with Gasteiger partial charge in [-0.15, -0.1) is 0 Å². The first-order valence-electron chi connectivity index (χ1n) is 11.7. The largest absolute Gasteiger partial charge is 0.353 e. The molecule has 5 aliphatic carbocycles. The van der Waals surface area contributed by atoms with Crippen LogP contribution in [0.3, 0.4) is 0 Å². The Labute approximate surface area is 174 Å². The monoisotopic (exact) mass is 398 g/mol. The fraction of sp³-hybridized carbons (Fsp3) is 0.720. The predicted molar refractivity (Wildman–Crippen MR) is 113 cm³/mol. The average molecular weight is 399 g/mol. The van der Waals surface area contributed by atoms with Gasteiger partial charge < -0.3 is 11.1 Å². The van der Waals surface area contributed by atoms with E-state index in [0.29, 0.717) is 18.3 Å². The molecule has 3 nitrogen and oxygen atoms in total. The summed E-state index contributed by atoms with van der Waals surface area (Å²) in [6, 6.07) is 11.0. The molecule has 4 bridgehead atoms. The highest BCUT2D eigenvalue weighted by molar-refractivity contribution is 5.86. The minimum absolute atomic E-state index is 0.0617. The van der Waals surface area contributed by atoms with Gasteiger partial charge >= 0.3 is 0 Å². The van der Waals surface area contributed by atoms with Crippen molar-refractivity contribution in [1.82, 2.24) is 5.32 Å². The molecule has 3 N–H and O–H groups in total. The summed E-state index contributed by atoms with van der Waals surface area (Å²) in [5, 5.41) is 3.46. The van der Waals surface area contributed by atoms with Gasteiger partial charge in [0.25, 0.3) is 0 Å². The molecule has 158 valence electrons. The predicted octanol–water partition coefficient (Wildman–Crippen LogP) is 4.50. The molecule has 1 amide bonds. The number of amides is 1. The van der Waals surface area contributed by atoms with Crippen molar-refractivity contribution in [3.8, 4) is 0 Å².